The Morgan fingerprint density at radius 2 is 2.00 bits per heavy atom. The third kappa shape index (κ3) is 4.30. The molecule has 1 saturated heterocycles. The van der Waals surface area contributed by atoms with Crippen molar-refractivity contribution in [3.8, 4) is 11.4 Å². The van der Waals surface area contributed by atoms with Crippen molar-refractivity contribution >= 4 is 22.9 Å². The van der Waals surface area contributed by atoms with Crippen LogP contribution in [0.1, 0.15) is 17.6 Å². The first kappa shape index (κ1) is 22.8. The fourth-order valence-corrected chi connectivity index (χ4v) is 3.97. The summed E-state index contributed by atoms with van der Waals surface area (Å²) in [6, 6.07) is 9.35. The highest BCUT2D eigenvalue weighted by molar-refractivity contribution is 5.85. The topological polar surface area (TPSA) is 160 Å². The van der Waals surface area contributed by atoms with Crippen LogP contribution in [0.25, 0.3) is 22.6 Å². The number of fused-ring (bicyclic) bond motifs is 1. The predicted molar refractivity (Wildman–Crippen MR) is 125 cm³/mol. The largest absolute Gasteiger partial charge is 0.387 e. The average Bonchev–Trinajstić information content (AvgIpc) is 3.43. The maximum atomic E-state index is 12.1. The van der Waals surface area contributed by atoms with Crippen LogP contribution in [0, 0.1) is 6.92 Å². The Morgan fingerprint density at radius 3 is 2.74 bits per heavy atom. The van der Waals surface area contributed by atoms with Crippen LogP contribution >= 0.6 is 0 Å². The standard InChI is InChI=1S/C23H24N8O4/c1-12-5-3-7-14(28-12)10-26-20-15-21(30-19(29-20)13-6-4-8-25-9-13)31(11-27-15)23-17(33)16(32)18(35-23)22(34)24-2/h3-9,11,16-18,23,32-33H,10H2,1-2H3,(H,24,34)(H,26,29,30)/t16-,17+,18-,23+/m0/s1. The second kappa shape index (κ2) is 9.33. The summed E-state index contributed by atoms with van der Waals surface area (Å²) in [7, 11) is 1.43. The summed E-state index contributed by atoms with van der Waals surface area (Å²) in [5.41, 5.74) is 3.18. The van der Waals surface area contributed by atoms with Gasteiger partial charge in [0.15, 0.2) is 35.1 Å². The van der Waals surface area contributed by atoms with Crippen LogP contribution in [-0.2, 0) is 16.1 Å². The van der Waals surface area contributed by atoms with Gasteiger partial charge in [0.2, 0.25) is 0 Å². The monoisotopic (exact) mass is 476 g/mol. The van der Waals surface area contributed by atoms with E-state index in [4.69, 9.17) is 4.74 Å². The van der Waals surface area contributed by atoms with Gasteiger partial charge in [-0.2, -0.15) is 0 Å². The van der Waals surface area contributed by atoms with Gasteiger partial charge in [0, 0.05) is 30.7 Å². The molecule has 12 heteroatoms. The van der Waals surface area contributed by atoms with Crippen molar-refractivity contribution in [3.05, 3.63) is 60.4 Å². The van der Waals surface area contributed by atoms with Crippen LogP contribution in [0.15, 0.2) is 49.1 Å². The van der Waals surface area contributed by atoms with E-state index in [0.29, 0.717) is 34.9 Å². The maximum absolute atomic E-state index is 12.1. The molecule has 0 aliphatic carbocycles. The van der Waals surface area contributed by atoms with Gasteiger partial charge in [0.25, 0.3) is 5.91 Å². The highest BCUT2D eigenvalue weighted by atomic mass is 16.6. The summed E-state index contributed by atoms with van der Waals surface area (Å²) >= 11 is 0. The van der Waals surface area contributed by atoms with Crippen molar-refractivity contribution in [2.45, 2.75) is 38.0 Å². The molecule has 4 N–H and O–H groups in total. The lowest BCUT2D eigenvalue weighted by molar-refractivity contribution is -0.137. The Balaban J connectivity index is 1.57. The number of hydrogen-bond acceptors (Lipinski definition) is 10. The summed E-state index contributed by atoms with van der Waals surface area (Å²) in [4.78, 5) is 34.5. The zero-order valence-corrected chi connectivity index (χ0v) is 19.0. The first-order chi connectivity index (χ1) is 17.0. The molecule has 4 aromatic heterocycles. The fraction of sp³-hybridized carbons (Fsp3) is 0.304. The number of ether oxygens (including phenoxy) is 1. The van der Waals surface area contributed by atoms with Crippen LogP contribution < -0.4 is 10.6 Å². The highest BCUT2D eigenvalue weighted by Crippen LogP contribution is 2.33. The maximum Gasteiger partial charge on any atom is 0.251 e. The number of carbonyl (C=O) groups excluding carboxylic acids is 1. The van der Waals surface area contributed by atoms with E-state index in [1.54, 1.807) is 18.5 Å². The molecule has 0 radical (unpaired) electrons. The first-order valence-corrected chi connectivity index (χ1v) is 11.0. The second-order valence-corrected chi connectivity index (χ2v) is 8.13. The van der Waals surface area contributed by atoms with Crippen LogP contribution in [0.2, 0.25) is 0 Å². The number of pyridine rings is 2. The van der Waals surface area contributed by atoms with Gasteiger partial charge in [-0.3, -0.25) is 19.3 Å². The molecule has 1 aliphatic rings. The van der Waals surface area contributed by atoms with Gasteiger partial charge in [-0.15, -0.1) is 0 Å². The van der Waals surface area contributed by atoms with Crippen molar-refractivity contribution in [1.82, 2.24) is 34.8 Å². The highest BCUT2D eigenvalue weighted by Gasteiger charge is 2.47. The van der Waals surface area contributed by atoms with E-state index in [9.17, 15) is 15.0 Å². The number of hydrogen-bond donors (Lipinski definition) is 4. The molecule has 0 aromatic carbocycles. The molecule has 5 heterocycles. The fourth-order valence-electron chi connectivity index (χ4n) is 3.97. The number of rotatable bonds is 6. The molecular weight excluding hydrogens is 452 g/mol. The van der Waals surface area contributed by atoms with Crippen LogP contribution in [0.3, 0.4) is 0 Å². The molecule has 180 valence electrons. The molecular formula is C23H24N8O4. The van der Waals surface area contributed by atoms with Crippen molar-refractivity contribution in [2.24, 2.45) is 0 Å². The zero-order valence-electron chi connectivity index (χ0n) is 19.0. The number of aryl methyl sites for hydroxylation is 1. The molecule has 4 atom stereocenters. The normalized spacial score (nSPS) is 21.8. The lowest BCUT2D eigenvalue weighted by Gasteiger charge is -2.17. The summed E-state index contributed by atoms with van der Waals surface area (Å²) in [5.74, 6) is 0.289. The van der Waals surface area contributed by atoms with Gasteiger partial charge in [0.05, 0.1) is 18.6 Å². The molecule has 1 aliphatic heterocycles. The average molecular weight is 476 g/mol. The quantitative estimate of drug-likeness (QED) is 0.310. The summed E-state index contributed by atoms with van der Waals surface area (Å²) in [6.07, 6.45) is -0.378. The van der Waals surface area contributed by atoms with Crippen LogP contribution in [0.4, 0.5) is 5.82 Å². The number of imidazole rings is 1. The van der Waals surface area contributed by atoms with E-state index in [0.717, 1.165) is 11.4 Å². The van der Waals surface area contributed by atoms with Crippen molar-refractivity contribution in [1.29, 1.82) is 0 Å². The first-order valence-electron chi connectivity index (χ1n) is 11.0. The van der Waals surface area contributed by atoms with E-state index in [-0.39, 0.29) is 0 Å². The lowest BCUT2D eigenvalue weighted by atomic mass is 10.1. The number of aromatic nitrogens is 6. The van der Waals surface area contributed by atoms with Gasteiger partial charge in [0.1, 0.15) is 12.2 Å². The van der Waals surface area contributed by atoms with Crippen LogP contribution in [0.5, 0.6) is 0 Å². The number of likely N-dealkylation sites (N-methyl/N-ethyl adjacent to an activating group) is 1. The number of nitrogens with zero attached hydrogens (tertiary/aromatic N) is 6. The third-order valence-corrected chi connectivity index (χ3v) is 5.74. The van der Waals surface area contributed by atoms with Gasteiger partial charge >= 0.3 is 0 Å². The van der Waals surface area contributed by atoms with Crippen LogP contribution in [-0.4, -0.2) is 71.0 Å². The molecule has 0 unspecified atom stereocenters. The molecule has 12 nitrogen and oxygen atoms in total. The van der Waals surface area contributed by atoms with Crippen molar-refractivity contribution in [2.75, 3.05) is 12.4 Å². The van der Waals surface area contributed by atoms with Crippen molar-refractivity contribution in [3.63, 3.8) is 0 Å². The van der Waals surface area contributed by atoms with Gasteiger partial charge in [-0.1, -0.05) is 6.07 Å². The Bertz CT molecular complexity index is 1360. The summed E-state index contributed by atoms with van der Waals surface area (Å²) in [5, 5.41) is 26.7. The number of amides is 1. The Hall–Kier alpha value is -4.00. The number of nitrogens with one attached hydrogen (secondary N) is 2. The minimum atomic E-state index is -1.41. The van der Waals surface area contributed by atoms with E-state index < -0.39 is 30.4 Å². The molecule has 4 aromatic rings. The number of aliphatic hydroxyl groups is 2. The van der Waals surface area contributed by atoms with E-state index in [2.05, 4.69) is 35.6 Å². The minimum absolute atomic E-state index is 0.354. The minimum Gasteiger partial charge on any atom is -0.387 e. The molecule has 1 fully saturated rings. The Kier molecular flexibility index (Phi) is 6.07. The smallest absolute Gasteiger partial charge is 0.251 e. The number of anilines is 1. The van der Waals surface area contributed by atoms with E-state index in [1.807, 2.05) is 31.2 Å². The summed E-state index contributed by atoms with van der Waals surface area (Å²) < 4.78 is 7.22. The van der Waals surface area contributed by atoms with Gasteiger partial charge in [-0.25, -0.2) is 15.0 Å². The Morgan fingerprint density at radius 1 is 1.14 bits per heavy atom. The van der Waals surface area contributed by atoms with Crippen molar-refractivity contribution < 1.29 is 19.7 Å². The molecule has 1 amide bonds. The van der Waals surface area contributed by atoms with Gasteiger partial charge < -0.3 is 25.6 Å². The molecule has 35 heavy (non-hydrogen) atoms. The predicted octanol–water partition coefficient (Wildman–Crippen LogP) is 0.569. The van der Waals surface area contributed by atoms with E-state index in [1.165, 1.54) is 17.9 Å². The Labute approximate surface area is 200 Å². The molecule has 0 bridgehead atoms. The SMILES string of the molecule is CNC(=O)[C@H]1O[C@@H](n2cnc3c(NCc4cccc(C)n4)nc(-c4cccnc4)nc32)[C@H](O)[C@@H]1O. The van der Waals surface area contributed by atoms with E-state index >= 15 is 0 Å². The second-order valence-electron chi connectivity index (χ2n) is 8.13. The number of aliphatic hydroxyl groups excluding tert-OH is 2. The van der Waals surface area contributed by atoms with Gasteiger partial charge in [-0.05, 0) is 31.2 Å². The summed E-state index contributed by atoms with van der Waals surface area (Å²) in [6.45, 7) is 2.31. The zero-order chi connectivity index (χ0) is 24.5. The lowest BCUT2D eigenvalue weighted by Crippen LogP contribution is -2.41. The molecule has 5 rings (SSSR count). The molecule has 0 saturated carbocycles. The molecule has 0 spiro atoms. The third-order valence-electron chi connectivity index (χ3n) is 5.74. The number of carbonyl (C=O) groups is 1.